The topological polar surface area (TPSA) is 64.1 Å². The molecule has 0 aliphatic heterocycles. The molecule has 0 saturated heterocycles. The number of nitrogens with zero attached hydrogens (tertiary/aromatic N) is 2. The second-order valence-corrected chi connectivity index (χ2v) is 8.39. The third-order valence-electron chi connectivity index (χ3n) is 3.93. The van der Waals surface area contributed by atoms with E-state index < -0.39 is 0 Å². The molecule has 1 amide bonds. The Hall–Kier alpha value is -2.64. The molecule has 3 aromatic rings. The van der Waals surface area contributed by atoms with Crippen LogP contribution in [0, 0.1) is 0 Å². The highest BCUT2D eigenvalue weighted by Crippen LogP contribution is 2.27. The summed E-state index contributed by atoms with van der Waals surface area (Å²) in [6, 6.07) is 17.4. The number of hydrogen-bond donors (Lipinski definition) is 1. The maximum absolute atomic E-state index is 12.6. The van der Waals surface area contributed by atoms with Gasteiger partial charge in [-0.05, 0) is 24.1 Å². The first-order valence-corrected chi connectivity index (χ1v) is 11.3. The summed E-state index contributed by atoms with van der Waals surface area (Å²) in [7, 11) is 0. The van der Waals surface area contributed by atoms with E-state index in [2.05, 4.69) is 46.7 Å². The van der Waals surface area contributed by atoms with Crippen LogP contribution in [0.3, 0.4) is 0 Å². The van der Waals surface area contributed by atoms with Crippen LogP contribution in [0.1, 0.15) is 35.7 Å². The van der Waals surface area contributed by atoms with Gasteiger partial charge >= 0.3 is 0 Å². The van der Waals surface area contributed by atoms with Gasteiger partial charge in [-0.1, -0.05) is 91.1 Å². The van der Waals surface area contributed by atoms with Gasteiger partial charge in [-0.15, -0.1) is 10.2 Å². The van der Waals surface area contributed by atoms with Gasteiger partial charge in [-0.3, -0.25) is 10.1 Å². The molecule has 0 aliphatic rings. The molecule has 3 rings (SSSR count). The molecule has 1 heterocycles. The van der Waals surface area contributed by atoms with Crippen molar-refractivity contribution < 1.29 is 9.53 Å². The van der Waals surface area contributed by atoms with Crippen LogP contribution >= 0.6 is 23.1 Å². The summed E-state index contributed by atoms with van der Waals surface area (Å²) in [6.07, 6.45) is 6.15. The molecule has 0 unspecified atom stereocenters. The van der Waals surface area contributed by atoms with Gasteiger partial charge in [0.1, 0.15) is 5.75 Å². The number of rotatable bonds is 10. The van der Waals surface area contributed by atoms with E-state index in [0.717, 1.165) is 28.5 Å². The van der Waals surface area contributed by atoms with Crippen LogP contribution in [-0.4, -0.2) is 28.5 Å². The van der Waals surface area contributed by atoms with E-state index in [-0.39, 0.29) is 5.91 Å². The number of carbonyl (C=O) groups is 1. The second kappa shape index (κ2) is 11.4. The lowest BCUT2D eigenvalue weighted by atomic mass is 10.2. The van der Waals surface area contributed by atoms with Crippen molar-refractivity contribution >= 4 is 40.2 Å². The lowest BCUT2D eigenvalue weighted by Gasteiger charge is -2.10. The van der Waals surface area contributed by atoms with E-state index in [0.29, 0.717) is 23.1 Å². The molecule has 0 spiro atoms. The fourth-order valence-corrected chi connectivity index (χ4v) is 4.04. The molecule has 1 aromatic heterocycles. The van der Waals surface area contributed by atoms with E-state index in [1.54, 1.807) is 17.8 Å². The van der Waals surface area contributed by atoms with E-state index in [1.807, 2.05) is 36.4 Å². The fraction of sp³-hybridized carbons (Fsp3) is 0.227. The highest BCUT2D eigenvalue weighted by Gasteiger charge is 2.14. The number of amides is 1. The molecule has 0 radical (unpaired) electrons. The van der Waals surface area contributed by atoms with Gasteiger partial charge in [0.05, 0.1) is 12.2 Å². The molecule has 150 valence electrons. The summed E-state index contributed by atoms with van der Waals surface area (Å²) in [5.41, 5.74) is 1.66. The van der Waals surface area contributed by atoms with Crippen LogP contribution < -0.4 is 10.1 Å². The third-order valence-corrected chi connectivity index (χ3v) is 5.85. The molecular formula is C22H23N3O2S2. The van der Waals surface area contributed by atoms with E-state index in [4.69, 9.17) is 4.74 Å². The smallest absolute Gasteiger partial charge is 0.261 e. The predicted molar refractivity (Wildman–Crippen MR) is 121 cm³/mol. The van der Waals surface area contributed by atoms with Gasteiger partial charge in [-0.25, -0.2) is 0 Å². The molecule has 0 aliphatic carbocycles. The van der Waals surface area contributed by atoms with Crippen LogP contribution in [0.2, 0.25) is 0 Å². The minimum atomic E-state index is -0.242. The van der Waals surface area contributed by atoms with Crippen molar-refractivity contribution in [3.05, 3.63) is 71.8 Å². The molecule has 1 N–H and O–H groups in total. The minimum absolute atomic E-state index is 0.242. The Morgan fingerprint density at radius 2 is 1.93 bits per heavy atom. The normalized spacial score (nSPS) is 10.9. The number of hydrogen-bond acceptors (Lipinski definition) is 6. The summed E-state index contributed by atoms with van der Waals surface area (Å²) >= 11 is 2.95. The zero-order valence-corrected chi connectivity index (χ0v) is 17.8. The highest BCUT2D eigenvalue weighted by molar-refractivity contribution is 8.01. The summed E-state index contributed by atoms with van der Waals surface area (Å²) in [5, 5.41) is 11.5. The van der Waals surface area contributed by atoms with Crippen molar-refractivity contribution in [1.29, 1.82) is 0 Å². The van der Waals surface area contributed by atoms with Crippen molar-refractivity contribution in [3.8, 4) is 5.75 Å². The lowest BCUT2D eigenvalue weighted by Crippen LogP contribution is -2.13. The van der Waals surface area contributed by atoms with Gasteiger partial charge in [0.15, 0.2) is 4.34 Å². The largest absolute Gasteiger partial charge is 0.493 e. The van der Waals surface area contributed by atoms with Crippen molar-refractivity contribution in [2.45, 2.75) is 24.1 Å². The zero-order chi connectivity index (χ0) is 20.3. The molecule has 0 fully saturated rings. The van der Waals surface area contributed by atoms with Gasteiger partial charge < -0.3 is 4.74 Å². The fourth-order valence-electron chi connectivity index (χ4n) is 2.46. The molecule has 2 aromatic carbocycles. The van der Waals surface area contributed by atoms with E-state index >= 15 is 0 Å². The van der Waals surface area contributed by atoms with Crippen LogP contribution in [0.5, 0.6) is 5.75 Å². The van der Waals surface area contributed by atoms with E-state index in [9.17, 15) is 4.79 Å². The highest BCUT2D eigenvalue weighted by atomic mass is 32.2. The number of anilines is 1. The summed E-state index contributed by atoms with van der Waals surface area (Å²) in [4.78, 5) is 12.6. The molecule has 5 nitrogen and oxygen atoms in total. The summed E-state index contributed by atoms with van der Waals surface area (Å²) in [5.74, 6) is 1.13. The summed E-state index contributed by atoms with van der Waals surface area (Å²) in [6.45, 7) is 2.70. The molecule has 0 bridgehead atoms. The van der Waals surface area contributed by atoms with Crippen molar-refractivity contribution in [2.75, 3.05) is 17.7 Å². The maximum atomic E-state index is 12.6. The molecule has 7 heteroatoms. The Morgan fingerprint density at radius 3 is 2.76 bits per heavy atom. The van der Waals surface area contributed by atoms with Crippen LogP contribution in [-0.2, 0) is 0 Å². The Labute approximate surface area is 179 Å². The number of unbranched alkanes of at least 4 members (excludes halogenated alkanes) is 1. The van der Waals surface area contributed by atoms with Crippen LogP contribution in [0.25, 0.3) is 6.08 Å². The van der Waals surface area contributed by atoms with E-state index in [1.165, 1.54) is 11.3 Å². The Kier molecular flexibility index (Phi) is 8.27. The Morgan fingerprint density at radius 1 is 1.14 bits per heavy atom. The Bertz CT molecular complexity index is 942. The van der Waals surface area contributed by atoms with Crippen molar-refractivity contribution in [1.82, 2.24) is 10.2 Å². The Balaban J connectivity index is 1.53. The molecular weight excluding hydrogens is 402 g/mol. The first-order valence-electron chi connectivity index (χ1n) is 9.47. The van der Waals surface area contributed by atoms with Crippen LogP contribution in [0.4, 0.5) is 5.13 Å². The first kappa shape index (κ1) is 21.1. The SMILES string of the molecule is CCCCOc1ccccc1C(=O)Nc1nnc(SC/C=C/c2ccccc2)s1. The first-order chi connectivity index (χ1) is 14.3. The number of ether oxygens (including phenoxy) is 1. The molecule has 0 atom stereocenters. The van der Waals surface area contributed by atoms with Crippen molar-refractivity contribution in [2.24, 2.45) is 0 Å². The monoisotopic (exact) mass is 425 g/mol. The summed E-state index contributed by atoms with van der Waals surface area (Å²) < 4.78 is 6.55. The average molecular weight is 426 g/mol. The number of nitrogens with one attached hydrogen (secondary N) is 1. The number of para-hydroxylation sites is 1. The average Bonchev–Trinajstić information content (AvgIpc) is 3.19. The third kappa shape index (κ3) is 6.73. The number of aromatic nitrogens is 2. The van der Waals surface area contributed by atoms with Gasteiger partial charge in [0, 0.05) is 5.75 Å². The predicted octanol–water partition coefficient (Wildman–Crippen LogP) is 5.77. The second-order valence-electron chi connectivity index (χ2n) is 6.15. The maximum Gasteiger partial charge on any atom is 0.261 e. The standard InChI is InChI=1S/C22H23N3O2S2/c1-2-3-15-27-19-14-8-7-13-18(19)20(26)23-21-24-25-22(29-21)28-16-9-12-17-10-5-4-6-11-17/h4-14H,2-3,15-16H2,1H3,(H,23,24,26)/b12-9+. The number of carbonyl (C=O) groups excluding carboxylic acids is 1. The zero-order valence-electron chi connectivity index (χ0n) is 16.2. The molecule has 29 heavy (non-hydrogen) atoms. The van der Waals surface area contributed by atoms with Crippen LogP contribution in [0.15, 0.2) is 65.0 Å². The minimum Gasteiger partial charge on any atom is -0.493 e. The van der Waals surface area contributed by atoms with Gasteiger partial charge in [-0.2, -0.15) is 0 Å². The van der Waals surface area contributed by atoms with Gasteiger partial charge in [0.2, 0.25) is 5.13 Å². The lowest BCUT2D eigenvalue weighted by molar-refractivity contribution is 0.102. The molecule has 0 saturated carbocycles. The van der Waals surface area contributed by atoms with Crippen molar-refractivity contribution in [3.63, 3.8) is 0 Å². The number of benzene rings is 2. The van der Waals surface area contributed by atoms with Gasteiger partial charge in [0.25, 0.3) is 5.91 Å². The number of thioether (sulfide) groups is 1. The quantitative estimate of drug-likeness (QED) is 0.254.